The highest BCUT2D eigenvalue weighted by atomic mass is 15.5. The molecule has 0 amide bonds. The highest BCUT2D eigenvalue weighted by molar-refractivity contribution is 6.01. The molecule has 0 saturated carbocycles. The lowest BCUT2D eigenvalue weighted by Gasteiger charge is -2.23. The summed E-state index contributed by atoms with van der Waals surface area (Å²) in [6, 6.07) is 23.3. The van der Waals surface area contributed by atoms with Gasteiger partial charge in [-0.3, -0.25) is 0 Å². The normalized spacial score (nSPS) is 15.9. The van der Waals surface area contributed by atoms with E-state index in [0.29, 0.717) is 0 Å². The van der Waals surface area contributed by atoms with E-state index in [1.54, 1.807) is 0 Å². The summed E-state index contributed by atoms with van der Waals surface area (Å²) in [6.07, 6.45) is 6.91. The van der Waals surface area contributed by atoms with E-state index in [1.165, 1.54) is 16.9 Å². The zero-order valence-corrected chi connectivity index (χ0v) is 18.6. The number of anilines is 3. The van der Waals surface area contributed by atoms with Gasteiger partial charge in [0.2, 0.25) is 0 Å². The zero-order valence-electron chi connectivity index (χ0n) is 18.6. The van der Waals surface area contributed by atoms with Crippen molar-refractivity contribution in [2.45, 2.75) is 12.5 Å². The topological polar surface area (TPSA) is 35.0 Å². The van der Waals surface area contributed by atoms with Crippen molar-refractivity contribution in [2.24, 2.45) is 5.10 Å². The van der Waals surface area contributed by atoms with Gasteiger partial charge in [-0.2, -0.15) is 5.10 Å². The van der Waals surface area contributed by atoms with Crippen molar-refractivity contribution in [1.29, 1.82) is 0 Å². The summed E-state index contributed by atoms with van der Waals surface area (Å²) in [5.74, 6) is 0.864. The van der Waals surface area contributed by atoms with E-state index in [1.807, 2.05) is 29.4 Å². The molecule has 158 valence electrons. The number of rotatable bonds is 6. The summed E-state index contributed by atoms with van der Waals surface area (Å²) in [6.45, 7) is 0. The van der Waals surface area contributed by atoms with Crippen LogP contribution in [0.3, 0.4) is 0 Å². The zero-order chi connectivity index (χ0) is 21.8. The molecule has 1 unspecified atom stereocenters. The molecular weight excluding hydrogens is 382 g/mol. The van der Waals surface area contributed by atoms with Crippen LogP contribution in [-0.4, -0.2) is 38.9 Å². The first-order valence-corrected chi connectivity index (χ1v) is 10.5. The van der Waals surface area contributed by atoms with Crippen LogP contribution in [0.15, 0.2) is 84.1 Å². The number of hydrogen-bond donors (Lipinski definition) is 0. The number of allylic oxidation sites excluding steroid dienone is 1. The predicted molar refractivity (Wildman–Crippen MR) is 132 cm³/mol. The molecule has 0 saturated heterocycles. The van der Waals surface area contributed by atoms with Crippen molar-refractivity contribution >= 4 is 29.0 Å². The van der Waals surface area contributed by atoms with Gasteiger partial charge in [-0.15, -0.1) is 0 Å². The number of aromatic nitrogens is 1. The van der Waals surface area contributed by atoms with Gasteiger partial charge < -0.3 is 9.80 Å². The maximum Gasteiger partial charge on any atom is 0.149 e. The van der Waals surface area contributed by atoms with Gasteiger partial charge in [0.15, 0.2) is 0 Å². The monoisotopic (exact) mass is 411 g/mol. The standard InChI is InChI=1S/C26H29N5/c1-29(2)23-14-9-20(10-15-23)8-13-22-19-25(21-11-16-24(17-12-21)30(3)4)31(28-22)26-7-5-6-18-27-26/h5-18,25H,19H2,1-4H3. The lowest BCUT2D eigenvalue weighted by atomic mass is 10.0. The van der Waals surface area contributed by atoms with Gasteiger partial charge in [0.05, 0.1) is 11.8 Å². The van der Waals surface area contributed by atoms with Crippen molar-refractivity contribution in [3.05, 3.63) is 90.1 Å². The second-order valence-electron chi connectivity index (χ2n) is 8.15. The fourth-order valence-corrected chi connectivity index (χ4v) is 3.66. The summed E-state index contributed by atoms with van der Waals surface area (Å²) in [5, 5.41) is 6.96. The smallest absolute Gasteiger partial charge is 0.149 e. The molecule has 1 atom stereocenters. The lowest BCUT2D eigenvalue weighted by molar-refractivity contribution is 0.699. The summed E-state index contributed by atoms with van der Waals surface area (Å²) in [7, 11) is 8.22. The minimum absolute atomic E-state index is 0.127. The molecule has 0 N–H and O–H groups in total. The Balaban J connectivity index is 1.59. The van der Waals surface area contributed by atoms with Crippen molar-refractivity contribution in [2.75, 3.05) is 43.0 Å². The molecule has 0 aliphatic carbocycles. The van der Waals surface area contributed by atoms with Crippen LogP contribution in [0.5, 0.6) is 0 Å². The SMILES string of the molecule is CN(C)c1ccc(C=CC2=NN(c3ccccn3)C(c3ccc(N(C)C)cc3)C2)cc1. The van der Waals surface area contributed by atoms with Gasteiger partial charge in [0, 0.05) is 52.2 Å². The van der Waals surface area contributed by atoms with Gasteiger partial charge in [0.1, 0.15) is 5.82 Å². The third kappa shape index (κ3) is 4.77. The molecule has 5 heteroatoms. The Kier molecular flexibility index (Phi) is 6.03. The first-order valence-electron chi connectivity index (χ1n) is 10.5. The summed E-state index contributed by atoms with van der Waals surface area (Å²) < 4.78 is 0. The highest BCUT2D eigenvalue weighted by Gasteiger charge is 2.28. The molecule has 2 aromatic carbocycles. The molecule has 4 rings (SSSR count). The molecule has 0 radical (unpaired) electrons. The first kappa shape index (κ1) is 20.7. The van der Waals surface area contributed by atoms with E-state index in [-0.39, 0.29) is 6.04 Å². The predicted octanol–water partition coefficient (Wildman–Crippen LogP) is 5.23. The Labute approximate surface area is 184 Å². The molecule has 0 bridgehead atoms. The molecule has 1 aromatic heterocycles. The molecule has 2 heterocycles. The molecule has 1 aliphatic rings. The van der Waals surface area contributed by atoms with Gasteiger partial charge in [-0.1, -0.05) is 36.4 Å². The highest BCUT2D eigenvalue weighted by Crippen LogP contribution is 2.35. The van der Waals surface area contributed by atoms with Gasteiger partial charge in [-0.25, -0.2) is 9.99 Å². The lowest BCUT2D eigenvalue weighted by Crippen LogP contribution is -2.19. The van der Waals surface area contributed by atoms with Crippen molar-refractivity contribution in [3.63, 3.8) is 0 Å². The van der Waals surface area contributed by atoms with Crippen LogP contribution in [-0.2, 0) is 0 Å². The van der Waals surface area contributed by atoms with Crippen LogP contribution in [0.4, 0.5) is 17.2 Å². The number of benzene rings is 2. The van der Waals surface area contributed by atoms with Crippen LogP contribution in [0.25, 0.3) is 6.08 Å². The third-order valence-corrected chi connectivity index (χ3v) is 5.49. The van der Waals surface area contributed by atoms with Crippen LogP contribution in [0, 0.1) is 0 Å². The van der Waals surface area contributed by atoms with E-state index in [2.05, 4.69) is 104 Å². The van der Waals surface area contributed by atoms with Crippen LogP contribution >= 0.6 is 0 Å². The number of nitrogens with zero attached hydrogens (tertiary/aromatic N) is 5. The Hall–Kier alpha value is -3.60. The molecule has 1 aliphatic heterocycles. The fraction of sp³-hybridized carbons (Fsp3) is 0.231. The van der Waals surface area contributed by atoms with Crippen LogP contribution in [0.1, 0.15) is 23.6 Å². The largest absolute Gasteiger partial charge is 0.378 e. The fourth-order valence-electron chi connectivity index (χ4n) is 3.66. The van der Waals surface area contributed by atoms with E-state index in [4.69, 9.17) is 5.10 Å². The van der Waals surface area contributed by atoms with E-state index < -0.39 is 0 Å². The van der Waals surface area contributed by atoms with Gasteiger partial charge in [-0.05, 0) is 53.6 Å². The second-order valence-corrected chi connectivity index (χ2v) is 8.15. The average Bonchev–Trinajstić information content (AvgIpc) is 3.23. The maximum atomic E-state index is 4.92. The van der Waals surface area contributed by atoms with E-state index in [0.717, 1.165) is 23.5 Å². The minimum atomic E-state index is 0.127. The van der Waals surface area contributed by atoms with Crippen LogP contribution < -0.4 is 14.8 Å². The Morgan fingerprint density at radius 2 is 1.45 bits per heavy atom. The van der Waals surface area contributed by atoms with Gasteiger partial charge in [0.25, 0.3) is 0 Å². The maximum absolute atomic E-state index is 4.92. The molecule has 5 nitrogen and oxygen atoms in total. The van der Waals surface area contributed by atoms with Crippen molar-refractivity contribution in [3.8, 4) is 0 Å². The Morgan fingerprint density at radius 1 is 0.806 bits per heavy atom. The summed E-state index contributed by atoms with van der Waals surface area (Å²) in [5.41, 5.74) is 5.82. The molecule has 3 aromatic rings. The van der Waals surface area contributed by atoms with Crippen LogP contribution in [0.2, 0.25) is 0 Å². The second kappa shape index (κ2) is 9.04. The van der Waals surface area contributed by atoms with Crippen molar-refractivity contribution < 1.29 is 0 Å². The molecule has 0 fully saturated rings. The minimum Gasteiger partial charge on any atom is -0.378 e. The molecule has 31 heavy (non-hydrogen) atoms. The Bertz CT molecular complexity index is 1050. The van der Waals surface area contributed by atoms with Crippen molar-refractivity contribution in [1.82, 2.24) is 4.98 Å². The number of hydrogen-bond acceptors (Lipinski definition) is 5. The van der Waals surface area contributed by atoms with E-state index in [9.17, 15) is 0 Å². The third-order valence-electron chi connectivity index (χ3n) is 5.49. The Morgan fingerprint density at radius 3 is 2.03 bits per heavy atom. The number of pyridine rings is 1. The summed E-state index contributed by atoms with van der Waals surface area (Å²) >= 11 is 0. The first-order chi connectivity index (χ1) is 15.0. The van der Waals surface area contributed by atoms with Gasteiger partial charge >= 0.3 is 0 Å². The number of hydrazone groups is 1. The quantitative estimate of drug-likeness (QED) is 0.556. The van der Waals surface area contributed by atoms with E-state index >= 15 is 0 Å². The average molecular weight is 412 g/mol. The summed E-state index contributed by atoms with van der Waals surface area (Å²) in [4.78, 5) is 8.76. The molecular formula is C26H29N5. The molecule has 0 spiro atoms.